The lowest BCUT2D eigenvalue weighted by atomic mass is 10.2. The second-order valence-electron chi connectivity index (χ2n) is 1.47. The number of carboxylic acid groups (broad SMARTS) is 1. The van der Waals surface area contributed by atoms with Gasteiger partial charge in [-0.15, -0.1) is 12.3 Å². The maximum Gasteiger partial charge on any atom is 0.321 e. The fraction of sp³-hybridized carbons (Fsp3) is 0.400. The van der Waals surface area contributed by atoms with Crippen molar-refractivity contribution in [2.45, 2.75) is 12.5 Å². The van der Waals surface area contributed by atoms with E-state index in [0.29, 0.717) is 0 Å². The van der Waals surface area contributed by atoms with Crippen molar-refractivity contribution in [3.05, 3.63) is 0 Å². The molecule has 2 unspecified atom stereocenters. The van der Waals surface area contributed by atoms with Crippen LogP contribution in [0.5, 0.6) is 0 Å². The highest BCUT2D eigenvalue weighted by Gasteiger charge is 2.11. The van der Waals surface area contributed by atoms with Gasteiger partial charge in [-0.05, 0) is 0 Å². The molecular weight excluding hydrogens is 137 g/mol. The summed E-state index contributed by atoms with van der Waals surface area (Å²) in [5, 5.41) is 10.8. The Bertz CT molecular complexity index is 140. The predicted molar refractivity (Wildman–Crippen MR) is 37.7 cm³/mol. The zero-order valence-corrected chi connectivity index (χ0v) is 5.95. The van der Waals surface area contributed by atoms with Crippen molar-refractivity contribution in [3.63, 3.8) is 0 Å². The topological polar surface area (TPSA) is 49.3 Å². The van der Waals surface area contributed by atoms with Crippen LogP contribution in [0.2, 0.25) is 0 Å². The zero-order chi connectivity index (χ0) is 7.28. The van der Waals surface area contributed by atoms with Gasteiger partial charge in [-0.1, -0.05) is 9.39 Å². The predicted octanol–water partition coefficient (Wildman–Crippen LogP) is -0.157. The molecule has 0 spiro atoms. The maximum atomic E-state index is 10.1. The van der Waals surface area contributed by atoms with Crippen LogP contribution in [0.1, 0.15) is 6.42 Å². The number of hydrogen-bond donors (Lipinski definition) is 2. The molecule has 0 radical (unpaired) electrons. The maximum absolute atomic E-state index is 10.1. The molecule has 0 aromatic heterocycles. The van der Waals surface area contributed by atoms with Crippen LogP contribution in [0.4, 0.5) is 0 Å². The van der Waals surface area contributed by atoms with E-state index in [1.165, 1.54) is 0 Å². The average Bonchev–Trinajstić information content (AvgIpc) is 1.82. The molecule has 2 atom stereocenters. The highest BCUT2D eigenvalue weighted by molar-refractivity contribution is 7.13. The molecule has 3 nitrogen and oxygen atoms in total. The number of rotatable bonds is 3. The number of terminal acetylenes is 1. The second-order valence-corrected chi connectivity index (χ2v) is 1.80. The summed E-state index contributed by atoms with van der Waals surface area (Å²) in [6.07, 6.45) is 5.09. The SMILES string of the molecule is C#CCC(NP)C(=O)O. The smallest absolute Gasteiger partial charge is 0.321 e. The molecule has 4 heteroatoms. The molecule has 0 rings (SSSR count). The molecule has 9 heavy (non-hydrogen) atoms. The van der Waals surface area contributed by atoms with Gasteiger partial charge in [0, 0.05) is 6.42 Å². The van der Waals surface area contributed by atoms with Gasteiger partial charge in [0.05, 0.1) is 0 Å². The minimum Gasteiger partial charge on any atom is -0.480 e. The Morgan fingerprint density at radius 1 is 2.00 bits per heavy atom. The quantitative estimate of drug-likeness (QED) is 0.428. The number of nitrogens with one attached hydrogen (secondary N) is 1. The Morgan fingerprint density at radius 2 is 2.56 bits per heavy atom. The number of carboxylic acids is 1. The normalized spacial score (nSPS) is 12.0. The van der Waals surface area contributed by atoms with Crippen molar-refractivity contribution in [1.82, 2.24) is 5.09 Å². The molecule has 0 fully saturated rings. The lowest BCUT2D eigenvalue weighted by Gasteiger charge is -2.04. The first kappa shape index (κ1) is 8.42. The minimum absolute atomic E-state index is 0.207. The molecule has 0 aromatic rings. The van der Waals surface area contributed by atoms with Crippen LogP contribution in [0.3, 0.4) is 0 Å². The van der Waals surface area contributed by atoms with E-state index in [0.717, 1.165) is 0 Å². The number of hydrogen-bond acceptors (Lipinski definition) is 2. The molecule has 2 N–H and O–H groups in total. The van der Waals surface area contributed by atoms with Crippen molar-refractivity contribution in [3.8, 4) is 12.3 Å². The fourth-order valence-electron chi connectivity index (χ4n) is 0.335. The molecular formula is C5H8NO2P. The number of aliphatic carboxylic acids is 1. The lowest BCUT2D eigenvalue weighted by molar-refractivity contribution is -0.138. The summed E-state index contributed by atoms with van der Waals surface area (Å²) in [6.45, 7) is 0. The van der Waals surface area contributed by atoms with Crippen molar-refractivity contribution in [2.75, 3.05) is 0 Å². The van der Waals surface area contributed by atoms with Crippen LogP contribution in [-0.4, -0.2) is 17.1 Å². The van der Waals surface area contributed by atoms with Gasteiger partial charge < -0.3 is 5.11 Å². The summed E-state index contributed by atoms with van der Waals surface area (Å²) < 4.78 is 0. The van der Waals surface area contributed by atoms with E-state index in [1.807, 2.05) is 0 Å². The largest absolute Gasteiger partial charge is 0.480 e. The average molecular weight is 145 g/mol. The summed E-state index contributed by atoms with van der Waals surface area (Å²) in [4.78, 5) is 10.1. The standard InChI is InChI=1S/C5H8NO2P/c1-2-3-4(6-9)5(7)8/h1,4,6H,3,9H2,(H,7,8). The Balaban J connectivity index is 3.71. The van der Waals surface area contributed by atoms with Gasteiger partial charge in [-0.2, -0.15) is 0 Å². The Kier molecular flexibility index (Phi) is 4.04. The Hall–Kier alpha value is -0.580. The van der Waals surface area contributed by atoms with E-state index in [2.05, 4.69) is 20.4 Å². The van der Waals surface area contributed by atoms with E-state index in [4.69, 9.17) is 11.5 Å². The van der Waals surface area contributed by atoms with Gasteiger partial charge in [0.25, 0.3) is 0 Å². The third-order valence-electron chi connectivity index (χ3n) is 0.821. The van der Waals surface area contributed by atoms with Gasteiger partial charge in [-0.25, -0.2) is 0 Å². The first-order valence-corrected chi connectivity index (χ1v) is 2.92. The fourth-order valence-corrected chi connectivity index (χ4v) is 0.596. The van der Waals surface area contributed by atoms with Crippen LogP contribution in [0.25, 0.3) is 0 Å². The monoisotopic (exact) mass is 145 g/mol. The van der Waals surface area contributed by atoms with Crippen LogP contribution in [0, 0.1) is 12.3 Å². The van der Waals surface area contributed by atoms with Gasteiger partial charge in [0.2, 0.25) is 0 Å². The van der Waals surface area contributed by atoms with E-state index < -0.39 is 12.0 Å². The van der Waals surface area contributed by atoms with Crippen LogP contribution in [0.15, 0.2) is 0 Å². The van der Waals surface area contributed by atoms with E-state index >= 15 is 0 Å². The van der Waals surface area contributed by atoms with Crippen molar-refractivity contribution >= 4 is 15.4 Å². The molecule has 0 bridgehead atoms. The van der Waals surface area contributed by atoms with Crippen molar-refractivity contribution in [2.24, 2.45) is 0 Å². The third-order valence-corrected chi connectivity index (χ3v) is 1.22. The Labute approximate surface area is 56.1 Å². The first-order valence-electron chi connectivity index (χ1n) is 2.34. The highest BCUT2D eigenvalue weighted by atomic mass is 31.0. The molecule has 50 valence electrons. The summed E-state index contributed by atoms with van der Waals surface area (Å²) >= 11 is 0. The molecule has 0 aromatic carbocycles. The first-order chi connectivity index (χ1) is 4.22. The minimum atomic E-state index is -0.928. The van der Waals surface area contributed by atoms with E-state index in [-0.39, 0.29) is 6.42 Å². The second kappa shape index (κ2) is 4.31. The third kappa shape index (κ3) is 3.07. The molecule has 0 aliphatic carbocycles. The number of carbonyl (C=O) groups is 1. The van der Waals surface area contributed by atoms with Gasteiger partial charge >= 0.3 is 5.97 Å². The van der Waals surface area contributed by atoms with E-state index in [1.54, 1.807) is 0 Å². The van der Waals surface area contributed by atoms with Crippen LogP contribution >= 0.6 is 9.39 Å². The van der Waals surface area contributed by atoms with E-state index in [9.17, 15) is 4.79 Å². The summed E-state index contributed by atoms with van der Waals surface area (Å²) in [5.74, 6) is 1.32. The van der Waals surface area contributed by atoms with Gasteiger partial charge in [-0.3, -0.25) is 9.88 Å². The summed E-state index contributed by atoms with van der Waals surface area (Å²) in [7, 11) is 2.11. The van der Waals surface area contributed by atoms with Crippen molar-refractivity contribution < 1.29 is 9.90 Å². The van der Waals surface area contributed by atoms with Crippen molar-refractivity contribution in [1.29, 1.82) is 0 Å². The molecule has 0 saturated carbocycles. The summed E-state index contributed by atoms with van der Waals surface area (Å²) in [5.41, 5.74) is 0. The molecule has 0 heterocycles. The lowest BCUT2D eigenvalue weighted by Crippen LogP contribution is -2.29. The summed E-state index contributed by atoms with van der Waals surface area (Å²) in [6, 6.07) is -0.639. The zero-order valence-electron chi connectivity index (χ0n) is 4.79. The highest BCUT2D eigenvalue weighted by Crippen LogP contribution is 1.91. The van der Waals surface area contributed by atoms with Gasteiger partial charge in [0.15, 0.2) is 0 Å². The van der Waals surface area contributed by atoms with Crippen LogP contribution < -0.4 is 5.09 Å². The van der Waals surface area contributed by atoms with Gasteiger partial charge in [0.1, 0.15) is 6.04 Å². The molecule has 0 saturated heterocycles. The van der Waals surface area contributed by atoms with Crippen LogP contribution in [-0.2, 0) is 4.79 Å². The Morgan fingerprint density at radius 3 is 2.67 bits per heavy atom. The molecule has 0 aliphatic rings. The molecule has 0 amide bonds. The molecule has 0 aliphatic heterocycles.